The molecule has 1 aromatic carbocycles. The molecule has 1 atom stereocenters. The van der Waals surface area contributed by atoms with Crippen LogP contribution in [0.25, 0.3) is 0 Å². The molecule has 0 bridgehead atoms. The van der Waals surface area contributed by atoms with E-state index in [1.807, 2.05) is 12.1 Å². The summed E-state index contributed by atoms with van der Waals surface area (Å²) in [4.78, 5) is 9.62. The van der Waals surface area contributed by atoms with Crippen LogP contribution < -0.4 is 5.32 Å². The van der Waals surface area contributed by atoms with Gasteiger partial charge in [0, 0.05) is 38.7 Å². The number of guanidine groups is 1. The Morgan fingerprint density at radius 1 is 1.20 bits per heavy atom. The number of hydrogen-bond acceptors (Lipinski definition) is 4. The second-order valence-electron chi connectivity index (χ2n) is 7.95. The lowest BCUT2D eigenvalue weighted by atomic mass is 10.1. The summed E-state index contributed by atoms with van der Waals surface area (Å²) in [5.41, 5.74) is 2.58. The Morgan fingerprint density at radius 2 is 2.03 bits per heavy atom. The zero-order valence-corrected chi connectivity index (χ0v) is 18.6. The first kappa shape index (κ1) is 22.4. The van der Waals surface area contributed by atoms with Crippen LogP contribution in [0.1, 0.15) is 37.2 Å². The van der Waals surface area contributed by atoms with Gasteiger partial charge in [-0.05, 0) is 50.6 Å². The standard InChI is InChI=1S/C24H36N4O2/c1-4-25-24(28-13-12-20(16-28)19-29-5-2)26-15-21-9-6-7-10-22(21)17-27(3)18-23-11-8-14-30-23/h6-11,14,20H,4-5,12-13,15-19H2,1-3H3,(H,25,26). The van der Waals surface area contributed by atoms with Gasteiger partial charge in [0.25, 0.3) is 0 Å². The zero-order chi connectivity index (χ0) is 21.2. The van der Waals surface area contributed by atoms with Crippen LogP contribution in [0.4, 0.5) is 0 Å². The van der Waals surface area contributed by atoms with E-state index in [0.717, 1.165) is 57.7 Å². The van der Waals surface area contributed by atoms with E-state index < -0.39 is 0 Å². The van der Waals surface area contributed by atoms with E-state index in [1.165, 1.54) is 17.5 Å². The normalized spacial score (nSPS) is 17.1. The Morgan fingerprint density at radius 3 is 2.77 bits per heavy atom. The summed E-state index contributed by atoms with van der Waals surface area (Å²) >= 11 is 0. The van der Waals surface area contributed by atoms with Crippen molar-refractivity contribution in [1.29, 1.82) is 0 Å². The topological polar surface area (TPSA) is 53.2 Å². The summed E-state index contributed by atoms with van der Waals surface area (Å²) in [5, 5.41) is 3.47. The molecule has 1 aliphatic rings. The van der Waals surface area contributed by atoms with Crippen LogP contribution in [-0.2, 0) is 24.4 Å². The van der Waals surface area contributed by atoms with E-state index >= 15 is 0 Å². The fourth-order valence-electron chi connectivity index (χ4n) is 3.91. The van der Waals surface area contributed by atoms with Gasteiger partial charge >= 0.3 is 0 Å². The van der Waals surface area contributed by atoms with Gasteiger partial charge in [0.15, 0.2) is 5.96 Å². The molecule has 1 saturated heterocycles. The van der Waals surface area contributed by atoms with Gasteiger partial charge in [-0.1, -0.05) is 24.3 Å². The molecular formula is C24H36N4O2. The summed E-state index contributed by atoms with van der Waals surface area (Å²) < 4.78 is 11.1. The van der Waals surface area contributed by atoms with E-state index in [0.29, 0.717) is 12.5 Å². The van der Waals surface area contributed by atoms with E-state index in [-0.39, 0.29) is 0 Å². The van der Waals surface area contributed by atoms with E-state index in [9.17, 15) is 0 Å². The highest BCUT2D eigenvalue weighted by molar-refractivity contribution is 5.80. The van der Waals surface area contributed by atoms with Crippen molar-refractivity contribution in [2.45, 2.75) is 39.9 Å². The summed E-state index contributed by atoms with van der Waals surface area (Å²) in [6.07, 6.45) is 2.89. The largest absolute Gasteiger partial charge is 0.468 e. The highest BCUT2D eigenvalue weighted by atomic mass is 16.5. The first-order valence-electron chi connectivity index (χ1n) is 11.1. The van der Waals surface area contributed by atoms with Crippen molar-refractivity contribution < 1.29 is 9.15 Å². The van der Waals surface area contributed by atoms with Gasteiger partial charge in [0.05, 0.1) is 26.0 Å². The van der Waals surface area contributed by atoms with Crippen molar-refractivity contribution in [2.24, 2.45) is 10.9 Å². The number of hydrogen-bond donors (Lipinski definition) is 1. The minimum Gasteiger partial charge on any atom is -0.468 e. The average molecular weight is 413 g/mol. The minimum absolute atomic E-state index is 0.594. The van der Waals surface area contributed by atoms with Crippen LogP contribution in [0, 0.1) is 5.92 Å². The molecule has 2 aromatic rings. The van der Waals surface area contributed by atoms with Crippen LogP contribution in [0.2, 0.25) is 0 Å². The molecule has 2 heterocycles. The van der Waals surface area contributed by atoms with Crippen molar-refractivity contribution in [2.75, 3.05) is 39.9 Å². The molecule has 1 aliphatic heterocycles. The summed E-state index contributed by atoms with van der Waals surface area (Å²) in [6, 6.07) is 12.5. The maximum absolute atomic E-state index is 5.63. The first-order chi connectivity index (χ1) is 14.7. The predicted molar refractivity (Wildman–Crippen MR) is 121 cm³/mol. The van der Waals surface area contributed by atoms with Gasteiger partial charge in [-0.15, -0.1) is 0 Å². The van der Waals surface area contributed by atoms with Crippen LogP contribution in [-0.4, -0.2) is 55.7 Å². The third-order valence-corrected chi connectivity index (χ3v) is 5.44. The van der Waals surface area contributed by atoms with Crippen LogP contribution in [0.3, 0.4) is 0 Å². The molecule has 0 amide bonds. The van der Waals surface area contributed by atoms with Crippen molar-refractivity contribution in [3.63, 3.8) is 0 Å². The summed E-state index contributed by atoms with van der Waals surface area (Å²) in [7, 11) is 2.12. The quantitative estimate of drug-likeness (QED) is 0.476. The summed E-state index contributed by atoms with van der Waals surface area (Å²) in [6.45, 7) is 11.1. The SMILES string of the molecule is CCNC(=NCc1ccccc1CN(C)Cc1ccco1)N1CCC(COCC)C1. The number of likely N-dealkylation sites (tertiary alicyclic amines) is 1. The molecule has 1 unspecified atom stereocenters. The third-order valence-electron chi connectivity index (χ3n) is 5.44. The van der Waals surface area contributed by atoms with Gasteiger partial charge in [-0.25, -0.2) is 4.99 Å². The number of benzene rings is 1. The monoisotopic (exact) mass is 412 g/mol. The number of nitrogens with zero attached hydrogens (tertiary/aromatic N) is 3. The van der Waals surface area contributed by atoms with E-state index in [1.54, 1.807) is 6.26 Å². The molecule has 30 heavy (non-hydrogen) atoms. The predicted octanol–water partition coefficient (Wildman–Crippen LogP) is 3.74. The minimum atomic E-state index is 0.594. The molecule has 0 saturated carbocycles. The van der Waals surface area contributed by atoms with Gasteiger partial charge < -0.3 is 19.4 Å². The Kier molecular flexibility index (Phi) is 8.78. The number of aliphatic imine (C=N–C) groups is 1. The highest BCUT2D eigenvalue weighted by Gasteiger charge is 2.24. The van der Waals surface area contributed by atoms with Gasteiger partial charge in [0.2, 0.25) is 0 Å². The first-order valence-corrected chi connectivity index (χ1v) is 11.1. The van der Waals surface area contributed by atoms with Gasteiger partial charge in [-0.3, -0.25) is 4.90 Å². The van der Waals surface area contributed by atoms with E-state index in [4.69, 9.17) is 14.1 Å². The summed E-state index contributed by atoms with van der Waals surface area (Å²) in [5.74, 6) is 2.59. The van der Waals surface area contributed by atoms with Gasteiger partial charge in [0.1, 0.15) is 5.76 Å². The van der Waals surface area contributed by atoms with Crippen LogP contribution >= 0.6 is 0 Å². The lowest BCUT2D eigenvalue weighted by Gasteiger charge is -2.22. The Hall–Kier alpha value is -2.31. The molecule has 1 N–H and O–H groups in total. The lowest BCUT2D eigenvalue weighted by molar-refractivity contribution is 0.114. The smallest absolute Gasteiger partial charge is 0.194 e. The molecule has 1 aromatic heterocycles. The molecular weight excluding hydrogens is 376 g/mol. The van der Waals surface area contributed by atoms with Crippen molar-refractivity contribution >= 4 is 5.96 Å². The Bertz CT molecular complexity index is 775. The Labute approximate surface area is 180 Å². The van der Waals surface area contributed by atoms with Crippen molar-refractivity contribution in [3.8, 4) is 0 Å². The van der Waals surface area contributed by atoms with Crippen LogP contribution in [0.5, 0.6) is 0 Å². The maximum Gasteiger partial charge on any atom is 0.194 e. The molecule has 0 aliphatic carbocycles. The average Bonchev–Trinajstić information content (AvgIpc) is 3.42. The number of nitrogens with one attached hydrogen (secondary N) is 1. The molecule has 0 radical (unpaired) electrons. The molecule has 164 valence electrons. The highest BCUT2D eigenvalue weighted by Crippen LogP contribution is 2.18. The number of ether oxygens (including phenoxy) is 1. The second kappa shape index (κ2) is 11.8. The Balaban J connectivity index is 1.63. The van der Waals surface area contributed by atoms with Crippen molar-refractivity contribution in [3.05, 3.63) is 59.5 Å². The zero-order valence-electron chi connectivity index (χ0n) is 18.6. The van der Waals surface area contributed by atoms with Crippen LogP contribution in [0.15, 0.2) is 52.1 Å². The lowest BCUT2D eigenvalue weighted by Crippen LogP contribution is -2.40. The second-order valence-corrected chi connectivity index (χ2v) is 7.95. The van der Waals surface area contributed by atoms with Crippen molar-refractivity contribution in [1.82, 2.24) is 15.1 Å². The fourth-order valence-corrected chi connectivity index (χ4v) is 3.91. The fraction of sp³-hybridized carbons (Fsp3) is 0.542. The maximum atomic E-state index is 5.63. The molecule has 6 nitrogen and oxygen atoms in total. The molecule has 3 rings (SSSR count). The number of furan rings is 1. The molecule has 0 spiro atoms. The van der Waals surface area contributed by atoms with Gasteiger partial charge in [-0.2, -0.15) is 0 Å². The number of rotatable bonds is 10. The molecule has 6 heteroatoms. The third kappa shape index (κ3) is 6.61. The molecule has 1 fully saturated rings. The van der Waals surface area contributed by atoms with E-state index in [2.05, 4.69) is 60.3 Å².